The van der Waals surface area contributed by atoms with Gasteiger partial charge in [0.15, 0.2) is 5.78 Å². The van der Waals surface area contributed by atoms with Crippen molar-refractivity contribution in [2.45, 2.75) is 37.6 Å². The fourth-order valence-corrected chi connectivity index (χ4v) is 4.18. The number of benzene rings is 2. The van der Waals surface area contributed by atoms with Crippen LogP contribution in [0.25, 0.3) is 0 Å². The van der Waals surface area contributed by atoms with Crippen molar-refractivity contribution in [3.8, 4) is 5.75 Å². The number of ketones is 1. The summed E-state index contributed by atoms with van der Waals surface area (Å²) >= 11 is 0. The second kappa shape index (κ2) is 5.39. The van der Waals surface area contributed by atoms with Gasteiger partial charge in [-0.3, -0.25) is 4.79 Å². The van der Waals surface area contributed by atoms with Gasteiger partial charge in [-0.15, -0.1) is 0 Å². The Labute approximate surface area is 145 Å². The van der Waals surface area contributed by atoms with E-state index in [1.54, 1.807) is 37.3 Å². The number of fused-ring (bicyclic) bond motifs is 4. The molecule has 0 bridgehead atoms. The Morgan fingerprint density at radius 3 is 2.44 bits per heavy atom. The summed E-state index contributed by atoms with van der Waals surface area (Å²) < 4.78 is 5.34. The van der Waals surface area contributed by atoms with Crippen molar-refractivity contribution in [2.75, 3.05) is 7.11 Å². The molecule has 0 amide bonds. The first-order valence-electron chi connectivity index (χ1n) is 8.28. The third-order valence-electron chi connectivity index (χ3n) is 5.21. The van der Waals surface area contributed by atoms with Crippen LogP contribution in [0.3, 0.4) is 0 Å². The number of hydrogen-bond donors (Lipinski definition) is 3. The van der Waals surface area contributed by atoms with E-state index in [1.165, 1.54) is 7.11 Å². The lowest BCUT2D eigenvalue weighted by Gasteiger charge is -2.36. The molecule has 2 aliphatic rings. The number of carbonyl (C=O) groups is 1. The number of hydrogen-bond acceptors (Lipinski definition) is 5. The number of aliphatic hydroxyl groups excluding tert-OH is 2. The molecule has 3 unspecified atom stereocenters. The number of Topliss-reactive ketones (excluding diaryl/α,β-unsaturated/α-hetero) is 1. The van der Waals surface area contributed by atoms with Gasteiger partial charge < -0.3 is 20.1 Å². The first-order valence-corrected chi connectivity index (χ1v) is 8.28. The summed E-state index contributed by atoms with van der Waals surface area (Å²) in [5.41, 5.74) is 2.08. The Morgan fingerprint density at radius 2 is 1.72 bits per heavy atom. The Bertz CT molecular complexity index is 884. The molecule has 4 rings (SSSR count). The highest BCUT2D eigenvalue weighted by Crippen LogP contribution is 2.47. The van der Waals surface area contributed by atoms with Crippen molar-refractivity contribution in [1.29, 1.82) is 0 Å². The fourth-order valence-electron chi connectivity index (χ4n) is 4.18. The molecular weight excluding hydrogens is 320 g/mol. The van der Waals surface area contributed by atoms with E-state index < -0.39 is 17.8 Å². The van der Waals surface area contributed by atoms with Crippen LogP contribution in [-0.4, -0.2) is 33.8 Å². The first-order chi connectivity index (χ1) is 11.8. The molecule has 25 heavy (non-hydrogen) atoms. The molecule has 2 aromatic carbocycles. The van der Waals surface area contributed by atoms with E-state index in [-0.39, 0.29) is 12.2 Å². The topological polar surface area (TPSA) is 87.0 Å². The molecule has 0 radical (unpaired) electrons. The maximum absolute atomic E-state index is 12.7. The predicted octanol–water partition coefficient (Wildman–Crippen LogP) is 2.05. The zero-order valence-corrected chi connectivity index (χ0v) is 14.1. The van der Waals surface area contributed by atoms with Gasteiger partial charge in [0.05, 0.1) is 12.7 Å². The van der Waals surface area contributed by atoms with Gasteiger partial charge >= 0.3 is 0 Å². The monoisotopic (exact) mass is 340 g/mol. The molecule has 5 heteroatoms. The van der Waals surface area contributed by atoms with Crippen LogP contribution in [-0.2, 0) is 6.42 Å². The van der Waals surface area contributed by atoms with Crippen molar-refractivity contribution in [2.24, 2.45) is 0 Å². The molecule has 0 fully saturated rings. The highest BCUT2D eigenvalue weighted by molar-refractivity contribution is 6.01. The smallest absolute Gasteiger partial charge is 0.166 e. The van der Waals surface area contributed by atoms with Gasteiger partial charge in [-0.2, -0.15) is 0 Å². The van der Waals surface area contributed by atoms with Crippen LogP contribution in [0.1, 0.15) is 63.7 Å². The van der Waals surface area contributed by atoms with Gasteiger partial charge in [-0.25, -0.2) is 0 Å². The fraction of sp³-hybridized carbons (Fsp3) is 0.350. The van der Waals surface area contributed by atoms with Gasteiger partial charge in [0.2, 0.25) is 0 Å². The Morgan fingerprint density at radius 1 is 1.04 bits per heavy atom. The van der Waals surface area contributed by atoms with Gasteiger partial charge in [-0.05, 0) is 29.7 Å². The van der Waals surface area contributed by atoms with Crippen molar-refractivity contribution in [1.82, 2.24) is 0 Å². The molecule has 130 valence electrons. The highest BCUT2D eigenvalue weighted by Gasteiger charge is 2.40. The lowest BCUT2D eigenvalue weighted by atomic mass is 9.72. The number of rotatable bonds is 1. The van der Waals surface area contributed by atoms with Crippen LogP contribution in [0.4, 0.5) is 0 Å². The van der Waals surface area contributed by atoms with E-state index in [0.717, 1.165) is 0 Å². The molecular formula is C20H20O5. The SMILES string of the molecule is COc1cccc2c1C(O)c1ccc3c(c1C2O)C(=O)CC(C)(O)C3. The zero-order chi connectivity index (χ0) is 17.9. The summed E-state index contributed by atoms with van der Waals surface area (Å²) in [6.07, 6.45) is -1.66. The molecule has 2 aliphatic carbocycles. The molecule has 3 N–H and O–H groups in total. The second-order valence-corrected chi connectivity index (χ2v) is 7.14. The van der Waals surface area contributed by atoms with Crippen LogP contribution in [0, 0.1) is 0 Å². The Balaban J connectivity index is 1.96. The molecule has 0 saturated heterocycles. The van der Waals surface area contributed by atoms with Gasteiger partial charge in [-0.1, -0.05) is 24.3 Å². The molecule has 0 spiro atoms. The summed E-state index contributed by atoms with van der Waals surface area (Å²) in [4.78, 5) is 12.7. The normalized spacial score (nSPS) is 27.3. The van der Waals surface area contributed by atoms with Crippen LogP contribution in [0.15, 0.2) is 30.3 Å². The number of aliphatic hydroxyl groups is 3. The van der Waals surface area contributed by atoms with Crippen molar-refractivity contribution >= 4 is 5.78 Å². The van der Waals surface area contributed by atoms with Crippen LogP contribution in [0.5, 0.6) is 5.75 Å². The maximum Gasteiger partial charge on any atom is 0.166 e. The lowest BCUT2D eigenvalue weighted by Crippen LogP contribution is -2.37. The largest absolute Gasteiger partial charge is 0.496 e. The number of ether oxygens (including phenoxy) is 1. The molecule has 0 aliphatic heterocycles. The minimum atomic E-state index is -1.09. The molecule has 0 heterocycles. The summed E-state index contributed by atoms with van der Waals surface area (Å²) in [6.45, 7) is 1.64. The summed E-state index contributed by atoms with van der Waals surface area (Å²) in [5.74, 6) is 0.294. The van der Waals surface area contributed by atoms with Crippen LogP contribution >= 0.6 is 0 Å². The van der Waals surface area contributed by atoms with Crippen molar-refractivity contribution < 1.29 is 24.9 Å². The average molecular weight is 340 g/mol. The van der Waals surface area contributed by atoms with E-state index in [9.17, 15) is 20.1 Å². The third-order valence-corrected chi connectivity index (χ3v) is 5.21. The predicted molar refractivity (Wildman–Crippen MR) is 90.8 cm³/mol. The van der Waals surface area contributed by atoms with Gasteiger partial charge in [0.1, 0.15) is 18.0 Å². The first kappa shape index (κ1) is 16.3. The van der Waals surface area contributed by atoms with E-state index >= 15 is 0 Å². The number of carbonyl (C=O) groups excluding carboxylic acids is 1. The van der Waals surface area contributed by atoms with Crippen molar-refractivity contribution in [3.63, 3.8) is 0 Å². The Hall–Kier alpha value is -2.21. The summed E-state index contributed by atoms with van der Waals surface area (Å²) in [5, 5.41) is 32.1. The van der Waals surface area contributed by atoms with Crippen LogP contribution in [0.2, 0.25) is 0 Å². The van der Waals surface area contributed by atoms with Gasteiger partial charge in [0, 0.05) is 29.5 Å². The average Bonchev–Trinajstić information content (AvgIpc) is 2.57. The van der Waals surface area contributed by atoms with Crippen molar-refractivity contribution in [3.05, 3.63) is 63.7 Å². The van der Waals surface area contributed by atoms with E-state index in [2.05, 4.69) is 0 Å². The highest BCUT2D eigenvalue weighted by atomic mass is 16.5. The summed E-state index contributed by atoms with van der Waals surface area (Å²) in [7, 11) is 1.52. The molecule has 0 saturated carbocycles. The minimum Gasteiger partial charge on any atom is -0.496 e. The second-order valence-electron chi connectivity index (χ2n) is 7.14. The van der Waals surface area contributed by atoms with Gasteiger partial charge in [0.25, 0.3) is 0 Å². The summed E-state index contributed by atoms with van der Waals surface area (Å²) in [6, 6.07) is 8.71. The quantitative estimate of drug-likeness (QED) is 0.740. The molecule has 2 aromatic rings. The number of methoxy groups -OCH3 is 1. The molecule has 5 nitrogen and oxygen atoms in total. The van der Waals surface area contributed by atoms with E-state index in [4.69, 9.17) is 4.74 Å². The maximum atomic E-state index is 12.7. The third kappa shape index (κ3) is 2.31. The lowest BCUT2D eigenvalue weighted by molar-refractivity contribution is 0.0406. The standard InChI is InChI=1S/C20H20O5/c1-20(24)8-10-6-7-12-17(15(10)13(21)9-20)19(23)11-4-3-5-14(25-2)16(11)18(12)22/h3-7,18-19,22-24H,8-9H2,1-2H3. The van der Waals surface area contributed by atoms with Crippen LogP contribution < -0.4 is 4.74 Å². The minimum absolute atomic E-state index is 0.00420. The molecule has 3 atom stereocenters. The molecule has 0 aromatic heterocycles. The zero-order valence-electron chi connectivity index (χ0n) is 14.1. The van der Waals surface area contributed by atoms with E-state index in [0.29, 0.717) is 45.6 Å². The van der Waals surface area contributed by atoms with E-state index in [1.807, 2.05) is 0 Å². The Kier molecular flexibility index (Phi) is 3.51.